The second kappa shape index (κ2) is 7.49. The highest BCUT2D eigenvalue weighted by Crippen LogP contribution is 2.25. The van der Waals surface area contributed by atoms with E-state index in [1.165, 1.54) is 6.07 Å². The first kappa shape index (κ1) is 17.8. The lowest BCUT2D eigenvalue weighted by Crippen LogP contribution is -2.04. The zero-order valence-electron chi connectivity index (χ0n) is 14.1. The van der Waals surface area contributed by atoms with Gasteiger partial charge in [-0.1, -0.05) is 41.6 Å². The third kappa shape index (κ3) is 3.97. The van der Waals surface area contributed by atoms with Crippen molar-refractivity contribution in [3.05, 3.63) is 69.3 Å². The fourth-order valence-electron chi connectivity index (χ4n) is 2.35. The molecule has 0 unspecified atom stereocenters. The molecule has 7 nitrogen and oxygen atoms in total. The van der Waals surface area contributed by atoms with Gasteiger partial charge in [0, 0.05) is 22.8 Å². The summed E-state index contributed by atoms with van der Waals surface area (Å²) in [6.07, 6.45) is 0. The highest BCUT2D eigenvalue weighted by atomic mass is 32.2. The molecule has 0 aliphatic heterocycles. The van der Waals surface area contributed by atoms with Gasteiger partial charge in [0.05, 0.1) is 10.7 Å². The van der Waals surface area contributed by atoms with Crippen molar-refractivity contribution < 1.29 is 14.1 Å². The van der Waals surface area contributed by atoms with Gasteiger partial charge in [-0.2, -0.15) is 0 Å². The molecule has 0 saturated carbocycles. The molecule has 0 aliphatic rings. The Morgan fingerprint density at radius 1 is 1.19 bits per heavy atom. The average molecular weight is 369 g/mol. The number of Topliss-reactive ketones (excluding diaryl/α,β-unsaturated/α-hetero) is 1. The number of aryl methyl sites for hydroxylation is 2. The molecule has 132 valence electrons. The van der Waals surface area contributed by atoms with E-state index in [0.29, 0.717) is 11.5 Å². The maximum Gasteiger partial charge on any atom is 0.277 e. The van der Waals surface area contributed by atoms with E-state index in [1.54, 1.807) is 19.1 Å². The normalized spacial score (nSPS) is 10.7. The minimum Gasteiger partial charge on any atom is -0.411 e. The quantitative estimate of drug-likeness (QED) is 0.277. The van der Waals surface area contributed by atoms with Gasteiger partial charge in [-0.3, -0.25) is 14.9 Å². The van der Waals surface area contributed by atoms with E-state index in [-0.39, 0.29) is 28.0 Å². The highest BCUT2D eigenvalue weighted by Gasteiger charge is 2.16. The second-order valence-electron chi connectivity index (χ2n) is 5.71. The van der Waals surface area contributed by atoms with Crippen molar-refractivity contribution in [2.75, 3.05) is 5.75 Å². The zero-order valence-corrected chi connectivity index (χ0v) is 14.9. The van der Waals surface area contributed by atoms with Crippen LogP contribution in [0.5, 0.6) is 0 Å². The number of hydrogen-bond donors (Lipinski definition) is 0. The van der Waals surface area contributed by atoms with Crippen molar-refractivity contribution in [3.8, 4) is 11.5 Å². The van der Waals surface area contributed by atoms with Crippen molar-refractivity contribution in [2.45, 2.75) is 19.1 Å². The van der Waals surface area contributed by atoms with Crippen molar-refractivity contribution in [3.63, 3.8) is 0 Å². The number of nitro benzene ring substituents is 1. The molecule has 0 aliphatic carbocycles. The second-order valence-corrected chi connectivity index (χ2v) is 6.64. The number of nitro groups is 1. The van der Waals surface area contributed by atoms with Crippen LogP contribution in [0.3, 0.4) is 0 Å². The summed E-state index contributed by atoms with van der Waals surface area (Å²) in [6, 6.07) is 12.1. The first-order valence-corrected chi connectivity index (χ1v) is 8.74. The Bertz CT molecular complexity index is 984. The third-order valence-corrected chi connectivity index (χ3v) is 4.54. The summed E-state index contributed by atoms with van der Waals surface area (Å²) >= 11 is 1.10. The summed E-state index contributed by atoms with van der Waals surface area (Å²) in [5, 5.41) is 19.2. The van der Waals surface area contributed by atoms with Crippen LogP contribution in [0.4, 0.5) is 5.69 Å². The van der Waals surface area contributed by atoms with Crippen LogP contribution in [0, 0.1) is 24.0 Å². The molecule has 0 radical (unpaired) electrons. The number of rotatable bonds is 6. The minimum absolute atomic E-state index is 0.0513. The van der Waals surface area contributed by atoms with Crippen LogP contribution < -0.4 is 0 Å². The molecule has 0 N–H and O–H groups in total. The number of nitrogens with zero attached hydrogens (tertiary/aromatic N) is 3. The summed E-state index contributed by atoms with van der Waals surface area (Å²) in [5.41, 5.74) is 2.61. The Kier molecular flexibility index (Phi) is 5.13. The van der Waals surface area contributed by atoms with Gasteiger partial charge in [-0.05, 0) is 26.0 Å². The lowest BCUT2D eigenvalue weighted by atomic mass is 10.1. The third-order valence-electron chi connectivity index (χ3n) is 3.73. The van der Waals surface area contributed by atoms with Gasteiger partial charge in [0.15, 0.2) is 5.78 Å². The van der Waals surface area contributed by atoms with Crippen LogP contribution in [0.2, 0.25) is 0 Å². The van der Waals surface area contributed by atoms with Gasteiger partial charge in [-0.15, -0.1) is 10.2 Å². The molecule has 1 heterocycles. The average Bonchev–Trinajstić information content (AvgIpc) is 3.09. The summed E-state index contributed by atoms with van der Waals surface area (Å²) in [5.74, 6) is 0.193. The molecule has 2 aromatic carbocycles. The van der Waals surface area contributed by atoms with Crippen LogP contribution in [-0.4, -0.2) is 26.7 Å². The van der Waals surface area contributed by atoms with Gasteiger partial charge in [0.25, 0.3) is 10.9 Å². The van der Waals surface area contributed by atoms with Crippen molar-refractivity contribution >= 4 is 23.2 Å². The van der Waals surface area contributed by atoms with E-state index in [0.717, 1.165) is 22.9 Å². The van der Waals surface area contributed by atoms with E-state index in [1.807, 2.05) is 31.2 Å². The number of carbonyl (C=O) groups excluding carboxylic acids is 1. The first-order valence-electron chi connectivity index (χ1n) is 7.75. The smallest absolute Gasteiger partial charge is 0.277 e. The monoisotopic (exact) mass is 369 g/mol. The Hall–Kier alpha value is -3.00. The van der Waals surface area contributed by atoms with Gasteiger partial charge < -0.3 is 4.42 Å². The molecule has 3 aromatic rings. The minimum atomic E-state index is -0.495. The van der Waals surface area contributed by atoms with E-state index in [9.17, 15) is 14.9 Å². The summed E-state index contributed by atoms with van der Waals surface area (Å²) in [6.45, 7) is 3.60. The molecule has 0 amide bonds. The largest absolute Gasteiger partial charge is 0.411 e. The number of carbonyl (C=O) groups is 1. The maximum atomic E-state index is 12.3. The molecule has 0 saturated heterocycles. The Balaban J connectivity index is 1.69. The number of benzene rings is 2. The van der Waals surface area contributed by atoms with Crippen LogP contribution in [0.15, 0.2) is 52.1 Å². The molecule has 0 atom stereocenters. The predicted octanol–water partition coefficient (Wildman–Crippen LogP) is 4.24. The molecule has 1 aromatic heterocycles. The highest BCUT2D eigenvalue weighted by molar-refractivity contribution is 7.99. The van der Waals surface area contributed by atoms with Crippen molar-refractivity contribution in [1.82, 2.24) is 10.2 Å². The summed E-state index contributed by atoms with van der Waals surface area (Å²) in [7, 11) is 0. The summed E-state index contributed by atoms with van der Waals surface area (Å²) in [4.78, 5) is 22.8. The van der Waals surface area contributed by atoms with Gasteiger partial charge in [0.1, 0.15) is 0 Å². The van der Waals surface area contributed by atoms with E-state index in [2.05, 4.69) is 10.2 Å². The number of ketones is 1. The number of aromatic nitrogens is 2. The molecule has 26 heavy (non-hydrogen) atoms. The molecule has 8 heteroatoms. The molecular weight excluding hydrogens is 354 g/mol. The van der Waals surface area contributed by atoms with Crippen LogP contribution >= 0.6 is 11.8 Å². The zero-order chi connectivity index (χ0) is 18.7. The van der Waals surface area contributed by atoms with Crippen molar-refractivity contribution in [2.24, 2.45) is 0 Å². The molecule has 0 fully saturated rings. The van der Waals surface area contributed by atoms with Gasteiger partial charge >= 0.3 is 0 Å². The summed E-state index contributed by atoms with van der Waals surface area (Å²) < 4.78 is 5.57. The van der Waals surface area contributed by atoms with E-state index in [4.69, 9.17) is 4.42 Å². The van der Waals surface area contributed by atoms with E-state index >= 15 is 0 Å². The predicted molar refractivity (Wildman–Crippen MR) is 97.4 cm³/mol. The molecular formula is C18H15N3O4S. The lowest BCUT2D eigenvalue weighted by molar-refractivity contribution is -0.385. The van der Waals surface area contributed by atoms with Crippen LogP contribution in [-0.2, 0) is 0 Å². The fourth-order valence-corrected chi connectivity index (χ4v) is 3.01. The topological polar surface area (TPSA) is 99.1 Å². The molecule has 0 bridgehead atoms. The van der Waals surface area contributed by atoms with Crippen LogP contribution in [0.25, 0.3) is 11.5 Å². The van der Waals surface area contributed by atoms with Crippen LogP contribution in [0.1, 0.15) is 21.5 Å². The van der Waals surface area contributed by atoms with E-state index < -0.39 is 4.92 Å². The fraction of sp³-hybridized carbons (Fsp3) is 0.167. The Morgan fingerprint density at radius 3 is 2.73 bits per heavy atom. The first-order chi connectivity index (χ1) is 12.4. The lowest BCUT2D eigenvalue weighted by Gasteiger charge is -2.01. The maximum absolute atomic E-state index is 12.3. The SMILES string of the molecule is Cc1cccc(-c2nnc(SCC(=O)c3ccc(C)c([N+](=O)[O-])c3)o2)c1. The van der Waals surface area contributed by atoms with Crippen molar-refractivity contribution in [1.29, 1.82) is 0 Å². The Morgan fingerprint density at radius 2 is 2.00 bits per heavy atom. The molecule has 3 rings (SSSR count). The Labute approximate surface area is 153 Å². The molecule has 0 spiro atoms. The standard InChI is InChI=1S/C18H15N3O4S/c1-11-4-3-5-14(8-11)17-19-20-18(25-17)26-10-16(22)13-7-6-12(2)15(9-13)21(23)24/h3-9H,10H2,1-2H3. The number of thioether (sulfide) groups is 1. The van der Waals surface area contributed by atoms with Gasteiger partial charge in [-0.25, -0.2) is 0 Å². The number of hydrogen-bond acceptors (Lipinski definition) is 7. The van der Waals surface area contributed by atoms with Gasteiger partial charge in [0.2, 0.25) is 5.89 Å².